The predicted octanol–water partition coefficient (Wildman–Crippen LogP) is 1.12. The second-order valence-corrected chi connectivity index (χ2v) is 4.12. The lowest BCUT2D eigenvalue weighted by molar-refractivity contribution is -0.380. The Labute approximate surface area is 95.8 Å². The number of amides is 1. The molecular formula is C8H12N4O3S. The number of aromatic nitrogens is 1. The van der Waals surface area contributed by atoms with Crippen LogP contribution >= 0.6 is 11.3 Å². The summed E-state index contributed by atoms with van der Waals surface area (Å²) in [5.41, 5.74) is 4.98. The van der Waals surface area contributed by atoms with Gasteiger partial charge in [-0.15, -0.1) is 0 Å². The fourth-order valence-corrected chi connectivity index (χ4v) is 1.71. The molecule has 1 heterocycles. The second kappa shape index (κ2) is 6.01. The maximum absolute atomic E-state index is 10.4. The summed E-state index contributed by atoms with van der Waals surface area (Å²) in [5, 5.41) is 13.8. The maximum Gasteiger partial charge on any atom is 0.345 e. The monoisotopic (exact) mass is 244 g/mol. The van der Waals surface area contributed by atoms with E-state index in [0.717, 1.165) is 17.8 Å². The molecule has 0 atom stereocenters. The average Bonchev–Trinajstić information content (AvgIpc) is 2.65. The van der Waals surface area contributed by atoms with Crippen molar-refractivity contribution in [2.24, 2.45) is 5.73 Å². The molecule has 0 aromatic carbocycles. The van der Waals surface area contributed by atoms with Gasteiger partial charge in [-0.2, -0.15) is 0 Å². The molecule has 0 aliphatic rings. The van der Waals surface area contributed by atoms with Crippen LogP contribution in [0.3, 0.4) is 0 Å². The van der Waals surface area contributed by atoms with Crippen molar-refractivity contribution in [3.8, 4) is 0 Å². The molecule has 1 rings (SSSR count). The van der Waals surface area contributed by atoms with Gasteiger partial charge in [0.25, 0.3) is 0 Å². The molecule has 0 spiro atoms. The van der Waals surface area contributed by atoms with E-state index in [-0.39, 0.29) is 10.9 Å². The van der Waals surface area contributed by atoms with E-state index >= 15 is 0 Å². The highest BCUT2D eigenvalue weighted by Gasteiger charge is 2.10. The van der Waals surface area contributed by atoms with Crippen molar-refractivity contribution < 1.29 is 9.72 Å². The lowest BCUT2D eigenvalue weighted by atomic mass is 10.2. The summed E-state index contributed by atoms with van der Waals surface area (Å²) in [6.45, 7) is 0.623. The van der Waals surface area contributed by atoms with Crippen LogP contribution in [0.25, 0.3) is 0 Å². The van der Waals surface area contributed by atoms with E-state index < -0.39 is 4.92 Å². The van der Waals surface area contributed by atoms with Gasteiger partial charge >= 0.3 is 5.00 Å². The molecule has 0 radical (unpaired) electrons. The second-order valence-electron chi connectivity index (χ2n) is 3.11. The van der Waals surface area contributed by atoms with Crippen LogP contribution in [-0.4, -0.2) is 22.4 Å². The zero-order valence-corrected chi connectivity index (χ0v) is 9.33. The highest BCUT2D eigenvalue weighted by Crippen LogP contribution is 2.24. The molecule has 1 aromatic rings. The summed E-state index contributed by atoms with van der Waals surface area (Å²) in [5.74, 6) is -0.315. The Morgan fingerprint density at radius 3 is 2.94 bits per heavy atom. The largest absolute Gasteiger partial charge is 0.370 e. The zero-order chi connectivity index (χ0) is 12.0. The number of nitro groups is 1. The van der Waals surface area contributed by atoms with E-state index in [1.165, 1.54) is 6.20 Å². The SMILES string of the molecule is NC(=O)CCCCNc1ncc([N+](=O)[O-])s1. The Balaban J connectivity index is 2.21. The maximum atomic E-state index is 10.4. The zero-order valence-electron chi connectivity index (χ0n) is 8.51. The van der Waals surface area contributed by atoms with Crippen molar-refractivity contribution in [2.75, 3.05) is 11.9 Å². The summed E-state index contributed by atoms with van der Waals surface area (Å²) in [7, 11) is 0. The smallest absolute Gasteiger partial charge is 0.345 e. The first-order valence-corrected chi connectivity index (χ1v) is 5.53. The molecule has 1 aromatic heterocycles. The molecule has 0 aliphatic carbocycles. The van der Waals surface area contributed by atoms with Gasteiger partial charge in [0.15, 0.2) is 5.13 Å². The molecule has 0 unspecified atom stereocenters. The first-order chi connectivity index (χ1) is 7.59. The number of nitrogens with one attached hydrogen (secondary N) is 1. The lowest BCUT2D eigenvalue weighted by Crippen LogP contribution is -2.10. The van der Waals surface area contributed by atoms with Gasteiger partial charge in [-0.3, -0.25) is 14.9 Å². The number of unbranched alkanes of at least 4 members (excludes halogenated alkanes) is 1. The third kappa shape index (κ3) is 4.22. The Morgan fingerprint density at radius 1 is 1.62 bits per heavy atom. The Hall–Kier alpha value is -1.70. The van der Waals surface area contributed by atoms with Crippen molar-refractivity contribution >= 4 is 27.4 Å². The first-order valence-electron chi connectivity index (χ1n) is 4.72. The number of carbonyl (C=O) groups is 1. The van der Waals surface area contributed by atoms with Crippen molar-refractivity contribution in [3.63, 3.8) is 0 Å². The number of thiazole rings is 1. The summed E-state index contributed by atoms with van der Waals surface area (Å²) in [6, 6.07) is 0. The summed E-state index contributed by atoms with van der Waals surface area (Å²) < 4.78 is 0. The quantitative estimate of drug-likeness (QED) is 0.424. The molecule has 0 aliphatic heterocycles. The molecule has 0 fully saturated rings. The van der Waals surface area contributed by atoms with Crippen LogP contribution in [0.5, 0.6) is 0 Å². The van der Waals surface area contributed by atoms with Crippen molar-refractivity contribution in [1.29, 1.82) is 0 Å². The highest BCUT2D eigenvalue weighted by atomic mass is 32.1. The summed E-state index contributed by atoms with van der Waals surface area (Å²) >= 11 is 0.992. The summed E-state index contributed by atoms with van der Waals surface area (Å²) in [4.78, 5) is 24.2. The Kier molecular flexibility index (Phi) is 4.65. The molecular weight excluding hydrogens is 232 g/mol. The Bertz CT molecular complexity index is 379. The minimum atomic E-state index is -0.476. The molecule has 7 nitrogen and oxygen atoms in total. The van der Waals surface area contributed by atoms with E-state index in [1.54, 1.807) is 0 Å². The van der Waals surface area contributed by atoms with Crippen molar-refractivity contribution in [3.05, 3.63) is 16.3 Å². The lowest BCUT2D eigenvalue weighted by Gasteiger charge is -2.00. The van der Waals surface area contributed by atoms with Crippen LogP contribution in [0.2, 0.25) is 0 Å². The molecule has 3 N–H and O–H groups in total. The fraction of sp³-hybridized carbons (Fsp3) is 0.500. The normalized spacial score (nSPS) is 10.0. The molecule has 0 saturated heterocycles. The highest BCUT2D eigenvalue weighted by molar-refractivity contribution is 7.18. The van der Waals surface area contributed by atoms with Crippen LogP contribution in [0, 0.1) is 10.1 Å². The topological polar surface area (TPSA) is 111 Å². The van der Waals surface area contributed by atoms with Crippen molar-refractivity contribution in [2.45, 2.75) is 19.3 Å². The number of anilines is 1. The standard InChI is InChI=1S/C8H12N4O3S/c9-6(13)3-1-2-4-10-8-11-5-7(16-8)12(14)15/h5H,1-4H2,(H2,9,13)(H,10,11). The van der Waals surface area contributed by atoms with Gasteiger partial charge in [-0.05, 0) is 24.2 Å². The number of primary amides is 1. The van der Waals surface area contributed by atoms with E-state index in [4.69, 9.17) is 5.73 Å². The first kappa shape index (κ1) is 12.4. The van der Waals surface area contributed by atoms with Crippen LogP contribution < -0.4 is 11.1 Å². The van der Waals surface area contributed by atoms with E-state index in [1.807, 2.05) is 0 Å². The number of rotatable bonds is 7. The molecule has 1 amide bonds. The van der Waals surface area contributed by atoms with Gasteiger partial charge < -0.3 is 11.1 Å². The molecule has 8 heteroatoms. The third-order valence-corrected chi connectivity index (χ3v) is 2.71. The number of hydrogen-bond acceptors (Lipinski definition) is 6. The van der Waals surface area contributed by atoms with Crippen LogP contribution in [-0.2, 0) is 4.79 Å². The van der Waals surface area contributed by atoms with E-state index in [9.17, 15) is 14.9 Å². The number of hydrogen-bond donors (Lipinski definition) is 2. The predicted molar refractivity (Wildman–Crippen MR) is 60.3 cm³/mol. The molecule has 0 saturated carbocycles. The van der Waals surface area contributed by atoms with Crippen LogP contribution in [0.1, 0.15) is 19.3 Å². The third-order valence-electron chi connectivity index (χ3n) is 1.80. The fourth-order valence-electron chi connectivity index (χ4n) is 1.05. The van der Waals surface area contributed by atoms with E-state index in [2.05, 4.69) is 10.3 Å². The minimum Gasteiger partial charge on any atom is -0.370 e. The van der Waals surface area contributed by atoms with Gasteiger partial charge in [-0.25, -0.2) is 4.98 Å². The van der Waals surface area contributed by atoms with Gasteiger partial charge in [0, 0.05) is 13.0 Å². The molecule has 88 valence electrons. The minimum absolute atomic E-state index is 0.0136. The van der Waals surface area contributed by atoms with Crippen LogP contribution in [0.4, 0.5) is 10.1 Å². The van der Waals surface area contributed by atoms with Crippen molar-refractivity contribution in [1.82, 2.24) is 4.98 Å². The van der Waals surface area contributed by atoms with Gasteiger partial charge in [0.05, 0.1) is 4.92 Å². The number of nitrogens with zero attached hydrogens (tertiary/aromatic N) is 2. The Morgan fingerprint density at radius 2 is 2.38 bits per heavy atom. The molecule has 16 heavy (non-hydrogen) atoms. The van der Waals surface area contributed by atoms with Gasteiger partial charge in [-0.1, -0.05) is 0 Å². The molecule has 0 bridgehead atoms. The van der Waals surface area contributed by atoms with Gasteiger partial charge in [0.1, 0.15) is 6.20 Å². The summed E-state index contributed by atoms with van der Waals surface area (Å²) in [6.07, 6.45) is 3.06. The average molecular weight is 244 g/mol. The van der Waals surface area contributed by atoms with Crippen LogP contribution in [0.15, 0.2) is 6.20 Å². The number of nitrogens with two attached hydrogens (primary N) is 1. The van der Waals surface area contributed by atoms with E-state index in [0.29, 0.717) is 24.5 Å². The van der Waals surface area contributed by atoms with Gasteiger partial charge in [0.2, 0.25) is 5.91 Å². The number of carbonyl (C=O) groups excluding carboxylic acids is 1.